The Morgan fingerprint density at radius 3 is 2.33 bits per heavy atom. The van der Waals surface area contributed by atoms with Crippen LogP contribution in [0.25, 0.3) is 0 Å². The van der Waals surface area contributed by atoms with Gasteiger partial charge in [-0.05, 0) is 30.7 Å². The Bertz CT molecular complexity index is 454. The van der Waals surface area contributed by atoms with E-state index in [1.54, 1.807) is 24.3 Å². The van der Waals surface area contributed by atoms with E-state index in [1.807, 2.05) is 0 Å². The summed E-state index contributed by atoms with van der Waals surface area (Å²) in [6.07, 6.45) is 6.00. The van der Waals surface area contributed by atoms with Gasteiger partial charge in [0.25, 0.3) is 0 Å². The summed E-state index contributed by atoms with van der Waals surface area (Å²) < 4.78 is 9.54. The van der Waals surface area contributed by atoms with Crippen LogP contribution in [0.1, 0.15) is 24.8 Å². The Morgan fingerprint density at radius 1 is 1.17 bits per heavy atom. The predicted molar refractivity (Wildman–Crippen MR) is 65.9 cm³/mol. The molecule has 1 aromatic carbocycles. The minimum atomic E-state index is -0.382. The quantitative estimate of drug-likeness (QED) is 0.452. The molecule has 0 aliphatic carbocycles. The van der Waals surface area contributed by atoms with Gasteiger partial charge in [0.15, 0.2) is 0 Å². The van der Waals surface area contributed by atoms with Gasteiger partial charge in [-0.1, -0.05) is 5.92 Å². The van der Waals surface area contributed by atoms with Crippen LogP contribution in [0.3, 0.4) is 0 Å². The summed E-state index contributed by atoms with van der Waals surface area (Å²) in [5, 5.41) is 0. The summed E-state index contributed by atoms with van der Waals surface area (Å²) in [7, 11) is 1.31. The van der Waals surface area contributed by atoms with E-state index < -0.39 is 0 Å². The Hall–Kier alpha value is -2.28. The molecular formula is C14H14O4. The fourth-order valence-electron chi connectivity index (χ4n) is 1.28. The first kappa shape index (κ1) is 13.8. The van der Waals surface area contributed by atoms with Gasteiger partial charge < -0.3 is 9.47 Å². The lowest BCUT2D eigenvalue weighted by Crippen LogP contribution is -2.09. The zero-order chi connectivity index (χ0) is 13.4. The number of esters is 2. The van der Waals surface area contributed by atoms with Gasteiger partial charge in [0.05, 0.1) is 7.11 Å². The number of terminal acetylenes is 1. The number of hydrogen-bond acceptors (Lipinski definition) is 4. The van der Waals surface area contributed by atoms with Gasteiger partial charge >= 0.3 is 11.9 Å². The van der Waals surface area contributed by atoms with E-state index in [0.717, 1.165) is 5.56 Å². The Morgan fingerprint density at radius 2 is 1.78 bits per heavy atom. The van der Waals surface area contributed by atoms with Gasteiger partial charge in [0.2, 0.25) is 0 Å². The van der Waals surface area contributed by atoms with Crippen LogP contribution in [0.4, 0.5) is 0 Å². The highest BCUT2D eigenvalue weighted by Gasteiger charge is 2.07. The highest BCUT2D eigenvalue weighted by atomic mass is 16.5. The molecule has 0 bridgehead atoms. The van der Waals surface area contributed by atoms with Crippen LogP contribution < -0.4 is 4.74 Å². The number of hydrogen-bond donors (Lipinski definition) is 0. The van der Waals surface area contributed by atoms with Gasteiger partial charge in [-0.25, -0.2) is 0 Å². The molecule has 0 aliphatic heterocycles. The van der Waals surface area contributed by atoms with Crippen LogP contribution in [0.15, 0.2) is 24.3 Å². The Balaban J connectivity index is 2.35. The molecule has 94 valence electrons. The maximum absolute atomic E-state index is 11.4. The summed E-state index contributed by atoms with van der Waals surface area (Å²) in [6.45, 7) is 0. The van der Waals surface area contributed by atoms with Crippen molar-refractivity contribution in [2.45, 2.75) is 19.3 Å². The highest BCUT2D eigenvalue weighted by Crippen LogP contribution is 2.12. The third kappa shape index (κ3) is 4.71. The summed E-state index contributed by atoms with van der Waals surface area (Å²) in [5.74, 6) is 2.20. The van der Waals surface area contributed by atoms with Gasteiger partial charge in [-0.2, -0.15) is 0 Å². The lowest BCUT2D eigenvalue weighted by atomic mass is 10.2. The van der Waals surface area contributed by atoms with Crippen molar-refractivity contribution in [3.63, 3.8) is 0 Å². The van der Waals surface area contributed by atoms with Crippen molar-refractivity contribution in [2.75, 3.05) is 7.11 Å². The zero-order valence-electron chi connectivity index (χ0n) is 10.1. The van der Waals surface area contributed by atoms with Crippen molar-refractivity contribution < 1.29 is 19.1 Å². The molecule has 0 unspecified atom stereocenters. The molecule has 0 heterocycles. The third-order valence-corrected chi connectivity index (χ3v) is 2.24. The summed E-state index contributed by atoms with van der Waals surface area (Å²) in [5.41, 5.74) is 0.723. The Labute approximate surface area is 106 Å². The number of rotatable bonds is 5. The van der Waals surface area contributed by atoms with E-state index in [9.17, 15) is 9.59 Å². The first-order valence-corrected chi connectivity index (χ1v) is 5.50. The van der Waals surface area contributed by atoms with Gasteiger partial charge in [0.1, 0.15) is 5.75 Å². The summed E-state index contributed by atoms with van der Waals surface area (Å²) in [6, 6.07) is 6.65. The van der Waals surface area contributed by atoms with Crippen LogP contribution in [0, 0.1) is 12.3 Å². The molecule has 1 aromatic rings. The maximum Gasteiger partial charge on any atom is 0.311 e. The normalized spacial score (nSPS) is 9.33. The van der Waals surface area contributed by atoms with E-state index in [1.165, 1.54) is 7.11 Å². The molecule has 0 N–H and O–H groups in total. The molecule has 0 spiro atoms. The zero-order valence-corrected chi connectivity index (χ0v) is 10.1. The molecule has 0 saturated carbocycles. The van der Waals surface area contributed by atoms with E-state index in [2.05, 4.69) is 10.7 Å². The van der Waals surface area contributed by atoms with E-state index in [-0.39, 0.29) is 24.8 Å². The van der Waals surface area contributed by atoms with Gasteiger partial charge in [-0.15, -0.1) is 6.42 Å². The predicted octanol–water partition coefficient (Wildman–Crippen LogP) is 1.92. The molecular weight excluding hydrogens is 232 g/mol. The van der Waals surface area contributed by atoms with E-state index in [4.69, 9.17) is 11.2 Å². The largest absolute Gasteiger partial charge is 0.469 e. The molecule has 0 aliphatic rings. The SMILES string of the molecule is C#Cc1ccc(OC(=O)CCCC(=O)OC)cc1. The minimum absolute atomic E-state index is 0.173. The highest BCUT2D eigenvalue weighted by molar-refractivity contribution is 5.74. The van der Waals surface area contributed by atoms with Crippen LogP contribution >= 0.6 is 0 Å². The van der Waals surface area contributed by atoms with Gasteiger partial charge in [-0.3, -0.25) is 9.59 Å². The van der Waals surface area contributed by atoms with Crippen molar-refractivity contribution >= 4 is 11.9 Å². The molecule has 0 atom stereocenters. The van der Waals surface area contributed by atoms with Crippen LogP contribution in [0.5, 0.6) is 5.75 Å². The fraction of sp³-hybridized carbons (Fsp3) is 0.286. The second-order valence-electron chi connectivity index (χ2n) is 3.57. The van der Waals surface area contributed by atoms with Crippen LogP contribution in [-0.2, 0) is 14.3 Å². The van der Waals surface area contributed by atoms with Crippen molar-refractivity contribution in [3.8, 4) is 18.1 Å². The third-order valence-electron chi connectivity index (χ3n) is 2.24. The van der Waals surface area contributed by atoms with Crippen LogP contribution in [-0.4, -0.2) is 19.0 Å². The first-order chi connectivity index (χ1) is 8.65. The Kier molecular flexibility index (Phi) is 5.46. The molecule has 0 radical (unpaired) electrons. The average molecular weight is 246 g/mol. The average Bonchev–Trinajstić information content (AvgIpc) is 2.39. The number of carbonyl (C=O) groups excluding carboxylic acids is 2. The van der Waals surface area contributed by atoms with E-state index in [0.29, 0.717) is 12.2 Å². The molecule has 4 nitrogen and oxygen atoms in total. The molecule has 4 heteroatoms. The maximum atomic E-state index is 11.4. The standard InChI is InChI=1S/C14H14O4/c1-3-11-7-9-12(10-8-11)18-14(16)6-4-5-13(15)17-2/h1,7-10H,4-6H2,2H3. The molecule has 0 aromatic heterocycles. The number of carbonyl (C=O) groups is 2. The second kappa shape index (κ2) is 7.13. The molecule has 18 heavy (non-hydrogen) atoms. The topological polar surface area (TPSA) is 52.6 Å². The number of ether oxygens (including phenoxy) is 2. The second-order valence-corrected chi connectivity index (χ2v) is 3.57. The van der Waals surface area contributed by atoms with Crippen molar-refractivity contribution in [3.05, 3.63) is 29.8 Å². The summed E-state index contributed by atoms with van der Waals surface area (Å²) >= 11 is 0. The smallest absolute Gasteiger partial charge is 0.311 e. The molecule has 0 amide bonds. The number of methoxy groups -OCH3 is 1. The summed E-state index contributed by atoms with van der Waals surface area (Å²) in [4.78, 5) is 22.3. The van der Waals surface area contributed by atoms with E-state index >= 15 is 0 Å². The monoisotopic (exact) mass is 246 g/mol. The van der Waals surface area contributed by atoms with Crippen molar-refractivity contribution in [2.24, 2.45) is 0 Å². The lowest BCUT2D eigenvalue weighted by molar-refractivity contribution is -0.141. The lowest BCUT2D eigenvalue weighted by Gasteiger charge is -2.04. The molecule has 0 fully saturated rings. The first-order valence-electron chi connectivity index (χ1n) is 5.50. The fourth-order valence-corrected chi connectivity index (χ4v) is 1.28. The molecule has 0 saturated heterocycles. The van der Waals surface area contributed by atoms with Crippen molar-refractivity contribution in [1.29, 1.82) is 0 Å². The minimum Gasteiger partial charge on any atom is -0.469 e. The number of benzene rings is 1. The molecule has 1 rings (SSSR count). The van der Waals surface area contributed by atoms with Crippen molar-refractivity contribution in [1.82, 2.24) is 0 Å². The van der Waals surface area contributed by atoms with Gasteiger partial charge in [0, 0.05) is 18.4 Å². The van der Waals surface area contributed by atoms with Crippen LogP contribution in [0.2, 0.25) is 0 Å².